The average Bonchev–Trinajstić information content (AvgIpc) is 3.05. The van der Waals surface area contributed by atoms with E-state index in [1.54, 1.807) is 56.3 Å². The van der Waals surface area contributed by atoms with Gasteiger partial charge in [0, 0.05) is 0 Å². The molecule has 4 rings (SSSR count). The lowest BCUT2D eigenvalue weighted by Crippen LogP contribution is -2.17. The molecule has 0 amide bonds. The second-order valence-electron chi connectivity index (χ2n) is 9.61. The first-order valence-electron chi connectivity index (χ1n) is 13.4. The predicted octanol–water partition coefficient (Wildman–Crippen LogP) is 5.65. The van der Waals surface area contributed by atoms with E-state index in [4.69, 9.17) is 18.9 Å². The molecular weight excluding hydrogens is 654 g/mol. The number of methoxy groups -OCH3 is 2. The Morgan fingerprint density at radius 1 is 0.689 bits per heavy atom. The SMILES string of the molecule is COC(=O)C(C)c1ccc2cc(OC(=O)CBr)ccc2c1.COC(=O)C(C)c1ccc2cc(OC(=O)CO[N+](=O)[O-])ccc2c1. The highest BCUT2D eigenvalue weighted by Crippen LogP contribution is 2.27. The number of carbonyl (C=O) groups excluding carboxylic acids is 4. The topological polar surface area (TPSA) is 158 Å². The molecule has 0 fully saturated rings. The molecule has 0 bridgehead atoms. The monoisotopic (exact) mass is 683 g/mol. The molecule has 0 spiro atoms. The van der Waals surface area contributed by atoms with Crippen molar-refractivity contribution < 1.29 is 48.0 Å². The largest absolute Gasteiger partial charge is 0.469 e. The maximum absolute atomic E-state index is 11.6. The quantitative estimate of drug-likeness (QED) is 0.0669. The molecule has 4 aromatic rings. The molecule has 12 nitrogen and oxygen atoms in total. The minimum Gasteiger partial charge on any atom is -0.469 e. The molecule has 0 aromatic heterocycles. The van der Waals surface area contributed by atoms with Gasteiger partial charge < -0.3 is 23.8 Å². The molecule has 236 valence electrons. The first-order valence-corrected chi connectivity index (χ1v) is 14.6. The van der Waals surface area contributed by atoms with Crippen LogP contribution in [0.2, 0.25) is 0 Å². The van der Waals surface area contributed by atoms with Crippen LogP contribution in [0.25, 0.3) is 21.5 Å². The first-order chi connectivity index (χ1) is 21.4. The smallest absolute Gasteiger partial charge is 0.337 e. The number of benzene rings is 4. The van der Waals surface area contributed by atoms with Gasteiger partial charge in [-0.25, -0.2) is 4.79 Å². The molecule has 13 heteroatoms. The number of hydrogen-bond acceptors (Lipinski definition) is 11. The van der Waals surface area contributed by atoms with E-state index in [1.807, 2.05) is 30.3 Å². The van der Waals surface area contributed by atoms with Crippen molar-refractivity contribution in [1.29, 1.82) is 0 Å². The van der Waals surface area contributed by atoms with Crippen LogP contribution in [0, 0.1) is 10.1 Å². The van der Waals surface area contributed by atoms with E-state index in [1.165, 1.54) is 14.2 Å². The standard InChI is InChI=1S/C16H15BrO4.C16H15NO7/c1-10(16(19)20-2)11-3-4-13-8-14(21-15(18)9-17)6-5-12(13)7-11;1-10(16(19)22-2)11-3-4-13-8-14(6-5-12(13)7-11)24-15(18)9-23-17(20)21/h3-8,10H,9H2,1-2H3;3-8,10H,9H2,1-2H3. The second kappa shape index (κ2) is 16.1. The summed E-state index contributed by atoms with van der Waals surface area (Å²) in [5.41, 5.74) is 1.69. The second-order valence-corrected chi connectivity index (χ2v) is 10.2. The van der Waals surface area contributed by atoms with Crippen molar-refractivity contribution in [2.75, 3.05) is 26.2 Å². The van der Waals surface area contributed by atoms with Gasteiger partial charge in [0.2, 0.25) is 0 Å². The van der Waals surface area contributed by atoms with Gasteiger partial charge in [-0.15, -0.1) is 10.1 Å². The average molecular weight is 684 g/mol. The predicted molar refractivity (Wildman–Crippen MR) is 167 cm³/mol. The van der Waals surface area contributed by atoms with Crippen molar-refractivity contribution in [1.82, 2.24) is 0 Å². The van der Waals surface area contributed by atoms with Crippen LogP contribution in [0.3, 0.4) is 0 Å². The van der Waals surface area contributed by atoms with E-state index < -0.39 is 23.6 Å². The summed E-state index contributed by atoms with van der Waals surface area (Å²) in [6.45, 7) is 2.78. The molecule has 0 aliphatic rings. The van der Waals surface area contributed by atoms with Crippen LogP contribution in [-0.2, 0) is 33.5 Å². The molecule has 0 radical (unpaired) electrons. The van der Waals surface area contributed by atoms with Gasteiger partial charge in [0.1, 0.15) is 16.8 Å². The fraction of sp³-hybridized carbons (Fsp3) is 0.250. The zero-order valence-electron chi connectivity index (χ0n) is 24.8. The molecule has 2 atom stereocenters. The summed E-state index contributed by atoms with van der Waals surface area (Å²) in [4.78, 5) is 59.8. The van der Waals surface area contributed by atoms with Crippen LogP contribution in [0.4, 0.5) is 0 Å². The highest BCUT2D eigenvalue weighted by molar-refractivity contribution is 9.09. The lowest BCUT2D eigenvalue weighted by Gasteiger charge is -2.11. The Labute approximate surface area is 266 Å². The van der Waals surface area contributed by atoms with E-state index in [-0.39, 0.29) is 34.9 Å². The van der Waals surface area contributed by atoms with Crippen LogP contribution < -0.4 is 9.47 Å². The van der Waals surface area contributed by atoms with Crippen molar-refractivity contribution >= 4 is 61.4 Å². The van der Waals surface area contributed by atoms with Crippen molar-refractivity contribution in [2.24, 2.45) is 0 Å². The van der Waals surface area contributed by atoms with Crippen LogP contribution in [0.1, 0.15) is 36.8 Å². The van der Waals surface area contributed by atoms with E-state index in [0.717, 1.165) is 32.7 Å². The summed E-state index contributed by atoms with van der Waals surface area (Å²) in [6.07, 6.45) is 0. The minimum atomic E-state index is -1.06. The van der Waals surface area contributed by atoms with Gasteiger partial charge in [0.05, 0.1) is 26.1 Å². The Hall–Kier alpha value is -5.04. The zero-order valence-corrected chi connectivity index (χ0v) is 26.4. The Bertz CT molecular complexity index is 1720. The van der Waals surface area contributed by atoms with Gasteiger partial charge in [0.25, 0.3) is 5.09 Å². The Morgan fingerprint density at radius 3 is 1.49 bits per heavy atom. The Balaban J connectivity index is 0.000000248. The molecule has 0 heterocycles. The molecule has 2 unspecified atom stereocenters. The van der Waals surface area contributed by atoms with E-state index in [2.05, 4.69) is 20.8 Å². The third-order valence-electron chi connectivity index (χ3n) is 6.64. The van der Waals surface area contributed by atoms with Crippen LogP contribution in [0.5, 0.6) is 11.5 Å². The number of ether oxygens (including phenoxy) is 4. The molecule has 0 saturated heterocycles. The summed E-state index contributed by atoms with van der Waals surface area (Å²) < 4.78 is 19.6. The third kappa shape index (κ3) is 9.73. The van der Waals surface area contributed by atoms with Gasteiger partial charge in [0.15, 0.2) is 6.61 Å². The Morgan fingerprint density at radius 2 is 1.09 bits per heavy atom. The van der Waals surface area contributed by atoms with Crippen molar-refractivity contribution in [2.45, 2.75) is 25.7 Å². The molecule has 0 N–H and O–H groups in total. The van der Waals surface area contributed by atoms with E-state index in [0.29, 0.717) is 5.75 Å². The summed E-state index contributed by atoms with van der Waals surface area (Å²) in [7, 11) is 2.72. The van der Waals surface area contributed by atoms with E-state index in [9.17, 15) is 29.3 Å². The summed E-state index contributed by atoms with van der Waals surface area (Å²) >= 11 is 3.05. The van der Waals surface area contributed by atoms with Crippen molar-refractivity contribution in [3.63, 3.8) is 0 Å². The maximum atomic E-state index is 11.6. The van der Waals surface area contributed by atoms with Gasteiger partial charge in [-0.3, -0.25) is 14.4 Å². The summed E-state index contributed by atoms with van der Waals surface area (Å²) in [5, 5.41) is 12.7. The lowest BCUT2D eigenvalue weighted by atomic mass is 9.98. The van der Waals surface area contributed by atoms with Gasteiger partial charge in [-0.05, 0) is 70.8 Å². The number of rotatable bonds is 10. The molecule has 4 aromatic carbocycles. The zero-order chi connectivity index (χ0) is 33.1. The summed E-state index contributed by atoms with van der Waals surface area (Å²) in [6, 6.07) is 21.4. The van der Waals surface area contributed by atoms with Crippen LogP contribution in [0.15, 0.2) is 72.8 Å². The number of nitrogens with zero attached hydrogens (tertiary/aromatic N) is 1. The highest BCUT2D eigenvalue weighted by Gasteiger charge is 2.17. The molecule has 0 saturated carbocycles. The Kier molecular flexibility index (Phi) is 12.4. The fourth-order valence-electron chi connectivity index (χ4n) is 4.20. The van der Waals surface area contributed by atoms with Crippen LogP contribution in [-0.4, -0.2) is 55.1 Å². The minimum absolute atomic E-state index is 0.153. The van der Waals surface area contributed by atoms with Crippen molar-refractivity contribution in [3.8, 4) is 11.5 Å². The van der Waals surface area contributed by atoms with Crippen molar-refractivity contribution in [3.05, 3.63) is 94.0 Å². The lowest BCUT2D eigenvalue weighted by molar-refractivity contribution is -0.754. The molecule has 0 aliphatic carbocycles. The number of hydrogen-bond donors (Lipinski definition) is 0. The highest BCUT2D eigenvalue weighted by atomic mass is 79.9. The van der Waals surface area contributed by atoms with Gasteiger partial charge in [-0.1, -0.05) is 64.5 Å². The molecular formula is C32H30BrNO11. The third-order valence-corrected chi connectivity index (χ3v) is 7.10. The fourth-order valence-corrected chi connectivity index (χ4v) is 4.32. The molecule has 0 aliphatic heterocycles. The number of alkyl halides is 1. The maximum Gasteiger partial charge on any atom is 0.337 e. The number of fused-ring (bicyclic) bond motifs is 2. The number of esters is 4. The first kappa shape index (κ1) is 34.5. The van der Waals surface area contributed by atoms with Gasteiger partial charge >= 0.3 is 23.9 Å². The van der Waals surface area contributed by atoms with E-state index >= 15 is 0 Å². The normalized spacial score (nSPS) is 11.8. The molecule has 45 heavy (non-hydrogen) atoms. The van der Waals surface area contributed by atoms with Crippen LogP contribution >= 0.6 is 15.9 Å². The summed E-state index contributed by atoms with van der Waals surface area (Å²) in [5.74, 6) is -1.77. The number of halogens is 1. The number of carbonyl (C=O) groups is 4. The van der Waals surface area contributed by atoms with Gasteiger partial charge in [-0.2, -0.15) is 0 Å².